The second-order valence-electron chi connectivity index (χ2n) is 4.90. The Balaban J connectivity index is 1.82. The Morgan fingerprint density at radius 2 is 2.06 bits per heavy atom. The van der Waals surface area contributed by atoms with Crippen LogP contribution in [-0.2, 0) is 13.1 Å². The summed E-state index contributed by atoms with van der Waals surface area (Å²) in [5, 5.41) is 6.28. The summed E-state index contributed by atoms with van der Waals surface area (Å²) in [4.78, 5) is 11.9. The van der Waals surface area contributed by atoms with Gasteiger partial charge in [-0.1, -0.05) is 32.3 Å². The fourth-order valence-electron chi connectivity index (χ4n) is 2.29. The largest absolute Gasteiger partial charge is 0.352 e. The number of fused-ring (bicyclic) bond motifs is 1. The molecule has 3 heteroatoms. The number of carbonyl (C=O) groups is 1. The lowest BCUT2D eigenvalue weighted by molar-refractivity contribution is 0.0953. The van der Waals surface area contributed by atoms with Gasteiger partial charge in [-0.25, -0.2) is 0 Å². The topological polar surface area (TPSA) is 41.1 Å². The number of hydrogen-bond acceptors (Lipinski definition) is 2. The van der Waals surface area contributed by atoms with Crippen LogP contribution in [0.4, 0.5) is 0 Å². The molecule has 1 amide bonds. The lowest BCUT2D eigenvalue weighted by Gasteiger charge is -2.06. The van der Waals surface area contributed by atoms with E-state index in [-0.39, 0.29) is 5.91 Å². The highest BCUT2D eigenvalue weighted by Gasteiger charge is 2.12. The van der Waals surface area contributed by atoms with E-state index in [4.69, 9.17) is 0 Å². The summed E-state index contributed by atoms with van der Waals surface area (Å²) < 4.78 is 0. The smallest absolute Gasteiger partial charge is 0.251 e. The Bertz CT molecular complexity index is 415. The third-order valence-electron chi connectivity index (χ3n) is 3.42. The Labute approximate surface area is 109 Å². The van der Waals surface area contributed by atoms with Gasteiger partial charge >= 0.3 is 0 Å². The molecule has 1 aromatic carbocycles. The average Bonchev–Trinajstić information content (AvgIpc) is 2.85. The molecule has 1 heterocycles. The molecule has 18 heavy (non-hydrogen) atoms. The number of rotatable bonds is 6. The van der Waals surface area contributed by atoms with Gasteiger partial charge in [0.05, 0.1) is 0 Å². The van der Waals surface area contributed by atoms with Crippen LogP contribution in [0.25, 0.3) is 0 Å². The first kappa shape index (κ1) is 13.1. The van der Waals surface area contributed by atoms with Gasteiger partial charge in [0.1, 0.15) is 0 Å². The number of benzene rings is 1. The van der Waals surface area contributed by atoms with Crippen LogP contribution in [0.15, 0.2) is 18.2 Å². The summed E-state index contributed by atoms with van der Waals surface area (Å²) in [7, 11) is 0. The number of carbonyl (C=O) groups excluding carboxylic acids is 1. The van der Waals surface area contributed by atoms with Gasteiger partial charge in [-0.2, -0.15) is 0 Å². The van der Waals surface area contributed by atoms with Gasteiger partial charge in [-0.3, -0.25) is 4.79 Å². The van der Waals surface area contributed by atoms with Crippen molar-refractivity contribution in [1.29, 1.82) is 0 Å². The molecule has 0 aromatic heterocycles. The van der Waals surface area contributed by atoms with Crippen LogP contribution in [0.5, 0.6) is 0 Å². The first-order chi connectivity index (χ1) is 8.81. The molecule has 1 aliphatic heterocycles. The highest BCUT2D eigenvalue weighted by molar-refractivity contribution is 5.94. The lowest BCUT2D eigenvalue weighted by Crippen LogP contribution is -2.24. The Morgan fingerprint density at radius 1 is 1.22 bits per heavy atom. The molecule has 2 rings (SSSR count). The van der Waals surface area contributed by atoms with E-state index in [1.807, 2.05) is 12.1 Å². The maximum atomic E-state index is 11.9. The minimum atomic E-state index is 0.0567. The van der Waals surface area contributed by atoms with Crippen LogP contribution in [0.3, 0.4) is 0 Å². The van der Waals surface area contributed by atoms with E-state index in [9.17, 15) is 4.79 Å². The van der Waals surface area contributed by atoms with Crippen LogP contribution < -0.4 is 10.6 Å². The average molecular weight is 246 g/mol. The molecule has 0 spiro atoms. The first-order valence-electron chi connectivity index (χ1n) is 6.92. The highest BCUT2D eigenvalue weighted by atomic mass is 16.1. The standard InChI is InChI=1S/C15H22N2O/c1-2-3-4-5-8-17-15(18)12-6-7-13-10-16-11-14(13)9-12/h6-7,9,16H,2-5,8,10-11H2,1H3,(H,17,18). The third-order valence-corrected chi connectivity index (χ3v) is 3.42. The summed E-state index contributed by atoms with van der Waals surface area (Å²) in [5.41, 5.74) is 3.36. The normalized spacial score (nSPS) is 13.4. The molecule has 98 valence electrons. The van der Waals surface area contributed by atoms with Gasteiger partial charge in [-0.05, 0) is 29.7 Å². The minimum absolute atomic E-state index is 0.0567. The summed E-state index contributed by atoms with van der Waals surface area (Å²) in [6, 6.07) is 5.99. The van der Waals surface area contributed by atoms with Crippen molar-refractivity contribution in [2.24, 2.45) is 0 Å². The summed E-state index contributed by atoms with van der Waals surface area (Å²) in [6.45, 7) is 4.78. The van der Waals surface area contributed by atoms with E-state index in [0.717, 1.165) is 31.6 Å². The van der Waals surface area contributed by atoms with E-state index in [2.05, 4.69) is 23.6 Å². The minimum Gasteiger partial charge on any atom is -0.352 e. The zero-order chi connectivity index (χ0) is 12.8. The van der Waals surface area contributed by atoms with Crippen molar-refractivity contribution >= 4 is 5.91 Å². The Kier molecular flexibility index (Phi) is 4.76. The van der Waals surface area contributed by atoms with E-state index in [0.29, 0.717) is 0 Å². The van der Waals surface area contributed by atoms with Crippen LogP contribution in [0.1, 0.15) is 54.1 Å². The van der Waals surface area contributed by atoms with Crippen LogP contribution >= 0.6 is 0 Å². The van der Waals surface area contributed by atoms with Crippen molar-refractivity contribution in [3.8, 4) is 0 Å². The maximum Gasteiger partial charge on any atom is 0.251 e. The van der Waals surface area contributed by atoms with Crippen molar-refractivity contribution in [3.05, 3.63) is 34.9 Å². The fourth-order valence-corrected chi connectivity index (χ4v) is 2.29. The van der Waals surface area contributed by atoms with Crippen LogP contribution in [0, 0.1) is 0 Å². The molecule has 0 radical (unpaired) electrons. The van der Waals surface area contributed by atoms with Crippen LogP contribution in [0.2, 0.25) is 0 Å². The molecule has 2 N–H and O–H groups in total. The molecule has 0 unspecified atom stereocenters. The second-order valence-corrected chi connectivity index (χ2v) is 4.90. The molecule has 1 aliphatic rings. The summed E-state index contributed by atoms with van der Waals surface area (Å²) in [5.74, 6) is 0.0567. The van der Waals surface area contributed by atoms with E-state index < -0.39 is 0 Å². The monoisotopic (exact) mass is 246 g/mol. The molecule has 0 atom stereocenters. The Morgan fingerprint density at radius 3 is 2.89 bits per heavy atom. The lowest BCUT2D eigenvalue weighted by atomic mass is 10.1. The molecule has 1 aromatic rings. The van der Waals surface area contributed by atoms with Gasteiger partial charge in [0.2, 0.25) is 0 Å². The highest BCUT2D eigenvalue weighted by Crippen LogP contribution is 2.16. The van der Waals surface area contributed by atoms with Gasteiger partial charge in [0.25, 0.3) is 5.91 Å². The first-order valence-corrected chi connectivity index (χ1v) is 6.92. The van der Waals surface area contributed by atoms with Crippen molar-refractivity contribution < 1.29 is 4.79 Å². The van der Waals surface area contributed by atoms with Crippen molar-refractivity contribution in [1.82, 2.24) is 10.6 Å². The third kappa shape index (κ3) is 3.33. The molecule has 0 fully saturated rings. The molecule has 3 nitrogen and oxygen atoms in total. The fraction of sp³-hybridized carbons (Fsp3) is 0.533. The van der Waals surface area contributed by atoms with E-state index in [1.165, 1.54) is 30.4 Å². The van der Waals surface area contributed by atoms with Crippen molar-refractivity contribution in [2.45, 2.75) is 45.7 Å². The predicted molar refractivity (Wildman–Crippen MR) is 73.5 cm³/mol. The summed E-state index contributed by atoms with van der Waals surface area (Å²) >= 11 is 0. The SMILES string of the molecule is CCCCCCNC(=O)c1ccc2c(c1)CNC2. The van der Waals surface area contributed by atoms with Gasteiger partial charge < -0.3 is 10.6 Å². The van der Waals surface area contributed by atoms with Gasteiger partial charge in [-0.15, -0.1) is 0 Å². The zero-order valence-corrected chi connectivity index (χ0v) is 11.1. The second kappa shape index (κ2) is 6.55. The zero-order valence-electron chi connectivity index (χ0n) is 11.1. The molecule has 0 bridgehead atoms. The van der Waals surface area contributed by atoms with Gasteiger partial charge in [0, 0.05) is 25.2 Å². The summed E-state index contributed by atoms with van der Waals surface area (Å²) in [6.07, 6.45) is 4.75. The predicted octanol–water partition coefficient (Wildman–Crippen LogP) is 2.60. The molecular weight excluding hydrogens is 224 g/mol. The van der Waals surface area contributed by atoms with Crippen molar-refractivity contribution in [3.63, 3.8) is 0 Å². The number of unbranched alkanes of at least 4 members (excludes halogenated alkanes) is 3. The number of nitrogens with one attached hydrogen (secondary N) is 2. The molecule has 0 aliphatic carbocycles. The van der Waals surface area contributed by atoms with Crippen molar-refractivity contribution in [2.75, 3.05) is 6.54 Å². The van der Waals surface area contributed by atoms with E-state index in [1.54, 1.807) is 0 Å². The maximum absolute atomic E-state index is 11.9. The molecule has 0 saturated carbocycles. The number of amides is 1. The molecule has 0 saturated heterocycles. The molecular formula is C15H22N2O. The van der Waals surface area contributed by atoms with E-state index >= 15 is 0 Å². The Hall–Kier alpha value is -1.35. The number of hydrogen-bond donors (Lipinski definition) is 2. The quantitative estimate of drug-likeness (QED) is 0.758. The van der Waals surface area contributed by atoms with Crippen LogP contribution in [-0.4, -0.2) is 12.5 Å². The van der Waals surface area contributed by atoms with Gasteiger partial charge in [0.15, 0.2) is 0 Å².